The van der Waals surface area contributed by atoms with E-state index in [2.05, 4.69) is 11.9 Å². The summed E-state index contributed by atoms with van der Waals surface area (Å²) in [5, 5.41) is 11.6. The van der Waals surface area contributed by atoms with Crippen LogP contribution >= 0.6 is 11.8 Å². The number of carbonyl (C=O) groups is 3. The third kappa shape index (κ3) is 6.52. The van der Waals surface area contributed by atoms with Gasteiger partial charge in [-0.05, 0) is 5.41 Å². The number of carboxylic acid groups (broad SMARTS) is 1. The maximum absolute atomic E-state index is 12.4. The van der Waals surface area contributed by atoms with Crippen molar-refractivity contribution in [2.24, 2.45) is 5.41 Å². The Morgan fingerprint density at radius 1 is 1.46 bits per heavy atom. The molecule has 7 nitrogen and oxygen atoms in total. The van der Waals surface area contributed by atoms with Gasteiger partial charge in [0.1, 0.15) is 6.04 Å². The van der Waals surface area contributed by atoms with Crippen LogP contribution in [0.25, 0.3) is 0 Å². The van der Waals surface area contributed by atoms with Crippen molar-refractivity contribution in [2.45, 2.75) is 39.3 Å². The van der Waals surface area contributed by atoms with E-state index in [1.807, 2.05) is 20.8 Å². The summed E-state index contributed by atoms with van der Waals surface area (Å²) in [6.45, 7) is 9.41. The van der Waals surface area contributed by atoms with Gasteiger partial charge < -0.3 is 20.1 Å². The zero-order chi connectivity index (χ0) is 18.3. The number of ether oxygens (including phenoxy) is 1. The first-order valence-corrected chi connectivity index (χ1v) is 8.90. The predicted molar refractivity (Wildman–Crippen MR) is 92.6 cm³/mol. The van der Waals surface area contributed by atoms with E-state index in [4.69, 9.17) is 4.74 Å². The van der Waals surface area contributed by atoms with Crippen molar-refractivity contribution in [3.05, 3.63) is 12.7 Å². The number of carboxylic acids is 1. The molecule has 0 aromatic rings. The second kappa shape index (κ2) is 9.08. The molecule has 1 fully saturated rings. The number of carbonyl (C=O) groups excluding carboxylic acids is 2. The number of aliphatic carboxylic acids is 1. The lowest BCUT2D eigenvalue weighted by atomic mass is 9.91. The molecule has 0 aromatic carbocycles. The fraction of sp³-hybridized carbons (Fsp3) is 0.688. The highest BCUT2D eigenvalue weighted by Crippen LogP contribution is 2.26. The maximum atomic E-state index is 12.4. The molecule has 1 rings (SSSR count). The van der Waals surface area contributed by atoms with Gasteiger partial charge in [-0.3, -0.25) is 9.59 Å². The molecule has 0 bridgehead atoms. The van der Waals surface area contributed by atoms with E-state index >= 15 is 0 Å². The number of thioether (sulfide) groups is 1. The Morgan fingerprint density at radius 2 is 2.12 bits per heavy atom. The van der Waals surface area contributed by atoms with E-state index in [0.717, 1.165) is 0 Å². The molecule has 0 aliphatic carbocycles. The summed E-state index contributed by atoms with van der Waals surface area (Å²) in [5.41, 5.74) is -0.173. The Morgan fingerprint density at radius 3 is 2.67 bits per heavy atom. The number of rotatable bonds is 8. The molecule has 24 heavy (non-hydrogen) atoms. The van der Waals surface area contributed by atoms with Gasteiger partial charge in [-0.1, -0.05) is 26.8 Å². The lowest BCUT2D eigenvalue weighted by Crippen LogP contribution is -2.53. The van der Waals surface area contributed by atoms with Crippen LogP contribution in [-0.4, -0.2) is 64.7 Å². The van der Waals surface area contributed by atoms with Crippen molar-refractivity contribution in [3.63, 3.8) is 0 Å². The van der Waals surface area contributed by atoms with Gasteiger partial charge in [0.2, 0.25) is 11.8 Å². The first kappa shape index (κ1) is 20.5. The maximum Gasteiger partial charge on any atom is 0.328 e. The number of hydrogen-bond acceptors (Lipinski definition) is 5. The lowest BCUT2D eigenvalue weighted by molar-refractivity contribution is -0.145. The van der Waals surface area contributed by atoms with E-state index in [-0.39, 0.29) is 24.5 Å². The van der Waals surface area contributed by atoms with E-state index in [1.54, 1.807) is 0 Å². The minimum absolute atomic E-state index is 0.0950. The molecule has 136 valence electrons. The summed E-state index contributed by atoms with van der Waals surface area (Å²) in [6.07, 6.45) is 1.84. The van der Waals surface area contributed by atoms with Gasteiger partial charge >= 0.3 is 5.97 Å². The van der Waals surface area contributed by atoms with Gasteiger partial charge in [0.05, 0.1) is 19.1 Å². The van der Waals surface area contributed by atoms with E-state index in [1.165, 1.54) is 22.7 Å². The van der Waals surface area contributed by atoms with Crippen molar-refractivity contribution in [2.75, 3.05) is 24.8 Å². The van der Waals surface area contributed by atoms with Crippen LogP contribution in [0.1, 0.15) is 27.2 Å². The summed E-state index contributed by atoms with van der Waals surface area (Å²) in [4.78, 5) is 37.6. The second-order valence-corrected chi connectivity index (χ2v) is 7.84. The number of nitrogens with zero attached hydrogens (tertiary/aromatic N) is 1. The zero-order valence-electron chi connectivity index (χ0n) is 14.4. The highest BCUT2D eigenvalue weighted by atomic mass is 32.2. The largest absolute Gasteiger partial charge is 0.480 e. The minimum Gasteiger partial charge on any atom is -0.480 e. The van der Waals surface area contributed by atoms with Crippen LogP contribution in [-0.2, 0) is 19.1 Å². The second-order valence-electron chi connectivity index (χ2n) is 6.84. The molecule has 1 heterocycles. The molecule has 1 aliphatic heterocycles. The molecule has 1 aliphatic rings. The highest BCUT2D eigenvalue weighted by Gasteiger charge is 2.37. The van der Waals surface area contributed by atoms with Crippen LogP contribution in [0.4, 0.5) is 0 Å². The average molecular weight is 358 g/mol. The monoisotopic (exact) mass is 358 g/mol. The fourth-order valence-corrected chi connectivity index (χ4v) is 3.35. The molecule has 2 amide bonds. The van der Waals surface area contributed by atoms with Crippen molar-refractivity contribution < 1.29 is 24.2 Å². The van der Waals surface area contributed by atoms with Gasteiger partial charge in [-0.2, -0.15) is 0 Å². The Balaban J connectivity index is 2.68. The van der Waals surface area contributed by atoms with Crippen LogP contribution < -0.4 is 5.32 Å². The van der Waals surface area contributed by atoms with E-state index < -0.39 is 24.0 Å². The molecule has 0 spiro atoms. The van der Waals surface area contributed by atoms with Crippen LogP contribution in [0.5, 0.6) is 0 Å². The Bertz CT molecular complexity index is 489. The molecule has 2 atom stereocenters. The van der Waals surface area contributed by atoms with E-state index in [9.17, 15) is 19.5 Å². The molecular weight excluding hydrogens is 332 g/mol. The Kier molecular flexibility index (Phi) is 7.75. The van der Waals surface area contributed by atoms with Gasteiger partial charge in [0, 0.05) is 12.2 Å². The van der Waals surface area contributed by atoms with Crippen molar-refractivity contribution in [1.82, 2.24) is 10.2 Å². The minimum atomic E-state index is -1.18. The average Bonchev–Trinajstić information content (AvgIpc) is 2.93. The summed E-state index contributed by atoms with van der Waals surface area (Å²) in [5.74, 6) is -0.829. The summed E-state index contributed by atoms with van der Waals surface area (Å²) in [6, 6.07) is -1.80. The SMILES string of the molecule is C=CCOCC(NC(=O)C1CSCN1C(=O)CC(C)(C)C)C(=O)O. The summed E-state index contributed by atoms with van der Waals surface area (Å²) in [7, 11) is 0. The Labute approximate surface area is 146 Å². The molecule has 2 N–H and O–H groups in total. The first-order chi connectivity index (χ1) is 11.2. The standard InChI is InChI=1S/C16H26N2O5S/c1-5-6-23-8-11(15(21)22)17-14(20)12-9-24-10-18(12)13(19)7-16(2,3)4/h5,11-12H,1,6-10H2,2-4H3,(H,17,20)(H,21,22). The fourth-order valence-electron chi connectivity index (χ4n) is 2.17. The van der Waals surface area contributed by atoms with Crippen molar-refractivity contribution >= 4 is 29.5 Å². The molecule has 2 unspecified atom stereocenters. The molecule has 1 saturated heterocycles. The highest BCUT2D eigenvalue weighted by molar-refractivity contribution is 7.99. The van der Waals surface area contributed by atoms with Gasteiger partial charge in [-0.25, -0.2) is 4.79 Å². The van der Waals surface area contributed by atoms with Crippen molar-refractivity contribution in [1.29, 1.82) is 0 Å². The van der Waals surface area contributed by atoms with E-state index in [0.29, 0.717) is 18.1 Å². The smallest absolute Gasteiger partial charge is 0.328 e. The lowest BCUT2D eigenvalue weighted by Gasteiger charge is -2.27. The number of nitrogens with one attached hydrogen (secondary N) is 1. The topological polar surface area (TPSA) is 95.9 Å². The zero-order valence-corrected chi connectivity index (χ0v) is 15.2. The third-order valence-electron chi connectivity index (χ3n) is 3.32. The molecular formula is C16H26N2O5S. The Hall–Kier alpha value is -1.54. The molecule has 8 heteroatoms. The van der Waals surface area contributed by atoms with Crippen LogP contribution in [0.3, 0.4) is 0 Å². The number of amides is 2. The summed E-state index contributed by atoms with van der Waals surface area (Å²) >= 11 is 1.48. The molecule has 0 aromatic heterocycles. The van der Waals surface area contributed by atoms with Crippen LogP contribution in [0.2, 0.25) is 0 Å². The van der Waals surface area contributed by atoms with Crippen molar-refractivity contribution in [3.8, 4) is 0 Å². The molecule has 0 saturated carbocycles. The van der Waals surface area contributed by atoms with Gasteiger partial charge in [0.15, 0.2) is 6.04 Å². The van der Waals surface area contributed by atoms with Gasteiger partial charge in [-0.15, -0.1) is 18.3 Å². The number of hydrogen-bond donors (Lipinski definition) is 2. The van der Waals surface area contributed by atoms with Crippen LogP contribution in [0, 0.1) is 5.41 Å². The normalized spacial score (nSPS) is 19.0. The third-order valence-corrected chi connectivity index (χ3v) is 4.33. The predicted octanol–water partition coefficient (Wildman–Crippen LogP) is 1.10. The molecule has 0 radical (unpaired) electrons. The summed E-state index contributed by atoms with van der Waals surface area (Å²) < 4.78 is 5.11. The quantitative estimate of drug-likeness (QED) is 0.498. The van der Waals surface area contributed by atoms with Crippen LogP contribution in [0.15, 0.2) is 12.7 Å². The first-order valence-electron chi connectivity index (χ1n) is 7.74. The van der Waals surface area contributed by atoms with Gasteiger partial charge in [0.25, 0.3) is 0 Å².